The van der Waals surface area contributed by atoms with Crippen molar-refractivity contribution in [3.63, 3.8) is 0 Å². The van der Waals surface area contributed by atoms with Crippen LogP contribution in [0.25, 0.3) is 0 Å². The maximum Gasteiger partial charge on any atom is 0.0148 e. The third-order valence-electron chi connectivity index (χ3n) is 4.73. The summed E-state index contributed by atoms with van der Waals surface area (Å²) in [6, 6.07) is 9.55. The van der Waals surface area contributed by atoms with Gasteiger partial charge in [0.25, 0.3) is 0 Å². The predicted octanol–water partition coefficient (Wildman–Crippen LogP) is 1.38. The largest absolute Gasteiger partial charge is 0.313 e. The zero-order valence-electron chi connectivity index (χ0n) is 12.6. The molecule has 0 aromatic heterocycles. The van der Waals surface area contributed by atoms with Gasteiger partial charge in [0.15, 0.2) is 0 Å². The molecule has 0 bridgehead atoms. The molecule has 0 amide bonds. The Bertz CT molecular complexity index is 399. The van der Waals surface area contributed by atoms with E-state index in [1.54, 1.807) is 11.1 Å². The fraction of sp³-hybridized carbons (Fsp3) is 0.647. The van der Waals surface area contributed by atoms with Crippen LogP contribution in [0.1, 0.15) is 17.5 Å². The van der Waals surface area contributed by atoms with Crippen molar-refractivity contribution in [2.75, 3.05) is 46.3 Å². The molecule has 0 radical (unpaired) electrons. The second-order valence-corrected chi connectivity index (χ2v) is 6.33. The Morgan fingerprint density at radius 1 is 1.05 bits per heavy atom. The van der Waals surface area contributed by atoms with Crippen molar-refractivity contribution in [3.8, 4) is 0 Å². The SMILES string of the molecule is CN1CCN(CCCNC2Cc3ccccc3C2)CC1. The summed E-state index contributed by atoms with van der Waals surface area (Å²) in [5.74, 6) is 0. The van der Waals surface area contributed by atoms with Gasteiger partial charge >= 0.3 is 0 Å². The fourth-order valence-electron chi connectivity index (χ4n) is 3.38. The minimum absolute atomic E-state index is 0.667. The first-order chi connectivity index (χ1) is 9.81. The first kappa shape index (κ1) is 14.1. The lowest BCUT2D eigenvalue weighted by Crippen LogP contribution is -2.45. The van der Waals surface area contributed by atoms with Crippen molar-refractivity contribution in [1.29, 1.82) is 0 Å². The molecule has 2 aliphatic rings. The molecule has 1 heterocycles. The van der Waals surface area contributed by atoms with E-state index in [0.29, 0.717) is 6.04 Å². The van der Waals surface area contributed by atoms with Crippen molar-refractivity contribution in [2.24, 2.45) is 0 Å². The van der Waals surface area contributed by atoms with Crippen molar-refractivity contribution in [1.82, 2.24) is 15.1 Å². The van der Waals surface area contributed by atoms with Gasteiger partial charge in [-0.25, -0.2) is 0 Å². The van der Waals surface area contributed by atoms with Crippen molar-refractivity contribution >= 4 is 0 Å². The van der Waals surface area contributed by atoms with E-state index in [9.17, 15) is 0 Å². The van der Waals surface area contributed by atoms with Gasteiger partial charge in [0.05, 0.1) is 0 Å². The number of likely N-dealkylation sites (N-methyl/N-ethyl adjacent to an activating group) is 1. The van der Waals surface area contributed by atoms with E-state index in [2.05, 4.69) is 46.4 Å². The van der Waals surface area contributed by atoms with Gasteiger partial charge in [-0.2, -0.15) is 0 Å². The van der Waals surface area contributed by atoms with Gasteiger partial charge in [-0.1, -0.05) is 24.3 Å². The van der Waals surface area contributed by atoms with Gasteiger partial charge < -0.3 is 15.1 Å². The molecule has 110 valence electrons. The van der Waals surface area contributed by atoms with Crippen LogP contribution in [0.2, 0.25) is 0 Å². The van der Waals surface area contributed by atoms with E-state index in [0.717, 1.165) is 6.54 Å². The Kier molecular flexibility index (Phi) is 4.71. The molecule has 3 heteroatoms. The fourth-order valence-corrected chi connectivity index (χ4v) is 3.38. The van der Waals surface area contributed by atoms with Gasteiger partial charge in [0.2, 0.25) is 0 Å². The molecule has 1 saturated heterocycles. The summed E-state index contributed by atoms with van der Waals surface area (Å²) in [7, 11) is 2.22. The molecule has 0 spiro atoms. The number of fused-ring (bicyclic) bond motifs is 1. The molecule has 1 aliphatic carbocycles. The number of rotatable bonds is 5. The summed E-state index contributed by atoms with van der Waals surface area (Å²) < 4.78 is 0. The summed E-state index contributed by atoms with van der Waals surface area (Å²) in [6.45, 7) is 7.35. The summed E-state index contributed by atoms with van der Waals surface area (Å²) in [4.78, 5) is 5.02. The topological polar surface area (TPSA) is 18.5 Å². The van der Waals surface area contributed by atoms with E-state index in [4.69, 9.17) is 0 Å². The summed E-state index contributed by atoms with van der Waals surface area (Å²) in [6.07, 6.45) is 3.70. The van der Waals surface area contributed by atoms with Crippen molar-refractivity contribution in [3.05, 3.63) is 35.4 Å². The molecule has 0 atom stereocenters. The molecular formula is C17H27N3. The van der Waals surface area contributed by atoms with Gasteiger partial charge in [-0.3, -0.25) is 0 Å². The number of nitrogens with zero attached hydrogens (tertiary/aromatic N) is 2. The molecule has 1 N–H and O–H groups in total. The van der Waals surface area contributed by atoms with Crippen molar-refractivity contribution in [2.45, 2.75) is 25.3 Å². The highest BCUT2D eigenvalue weighted by Gasteiger charge is 2.20. The van der Waals surface area contributed by atoms with Crippen LogP contribution >= 0.6 is 0 Å². The van der Waals surface area contributed by atoms with Crippen LogP contribution in [0.15, 0.2) is 24.3 Å². The number of nitrogens with one attached hydrogen (secondary N) is 1. The van der Waals surface area contributed by atoms with E-state index < -0.39 is 0 Å². The minimum atomic E-state index is 0.667. The molecule has 3 rings (SSSR count). The number of piperazine rings is 1. The van der Waals surface area contributed by atoms with E-state index >= 15 is 0 Å². The van der Waals surface area contributed by atoms with Crippen LogP contribution in [0, 0.1) is 0 Å². The van der Waals surface area contributed by atoms with Crippen LogP contribution in [-0.2, 0) is 12.8 Å². The van der Waals surface area contributed by atoms with E-state index in [1.165, 1.54) is 52.0 Å². The van der Waals surface area contributed by atoms with E-state index in [1.807, 2.05) is 0 Å². The maximum atomic E-state index is 3.74. The van der Waals surface area contributed by atoms with Crippen LogP contribution < -0.4 is 5.32 Å². The molecule has 0 saturated carbocycles. The standard InChI is InChI=1S/C17H27N3/c1-19-9-11-20(12-10-19)8-4-7-18-17-13-15-5-2-3-6-16(15)14-17/h2-3,5-6,17-18H,4,7-14H2,1H3. The van der Waals surface area contributed by atoms with Gasteiger partial charge in [0, 0.05) is 32.2 Å². The van der Waals surface area contributed by atoms with Crippen LogP contribution in [0.3, 0.4) is 0 Å². The summed E-state index contributed by atoms with van der Waals surface area (Å²) in [5, 5.41) is 3.74. The van der Waals surface area contributed by atoms with Crippen molar-refractivity contribution < 1.29 is 0 Å². The average Bonchev–Trinajstić information content (AvgIpc) is 2.88. The Labute approximate surface area is 123 Å². The molecule has 0 unspecified atom stereocenters. The van der Waals surface area contributed by atoms with Gasteiger partial charge in [0.1, 0.15) is 0 Å². The van der Waals surface area contributed by atoms with E-state index in [-0.39, 0.29) is 0 Å². The Hall–Kier alpha value is -0.900. The molecule has 1 fully saturated rings. The third kappa shape index (κ3) is 3.60. The Morgan fingerprint density at radius 2 is 1.70 bits per heavy atom. The molecule has 3 nitrogen and oxygen atoms in total. The zero-order valence-corrected chi connectivity index (χ0v) is 12.6. The normalized spacial score (nSPS) is 21.2. The molecule has 1 aliphatic heterocycles. The second-order valence-electron chi connectivity index (χ2n) is 6.33. The first-order valence-electron chi connectivity index (χ1n) is 8.02. The lowest BCUT2D eigenvalue weighted by molar-refractivity contribution is 0.152. The average molecular weight is 273 g/mol. The Morgan fingerprint density at radius 3 is 2.35 bits per heavy atom. The highest BCUT2D eigenvalue weighted by atomic mass is 15.2. The lowest BCUT2D eigenvalue weighted by Gasteiger charge is -2.32. The number of hydrogen-bond donors (Lipinski definition) is 1. The third-order valence-corrected chi connectivity index (χ3v) is 4.73. The molecule has 1 aromatic rings. The van der Waals surface area contributed by atoms with Crippen LogP contribution in [0.5, 0.6) is 0 Å². The predicted molar refractivity (Wildman–Crippen MR) is 84.2 cm³/mol. The summed E-state index contributed by atoms with van der Waals surface area (Å²) >= 11 is 0. The molecule has 20 heavy (non-hydrogen) atoms. The minimum Gasteiger partial charge on any atom is -0.313 e. The number of benzene rings is 1. The summed E-state index contributed by atoms with van der Waals surface area (Å²) in [5.41, 5.74) is 3.09. The molecule has 1 aromatic carbocycles. The quantitative estimate of drug-likeness (QED) is 0.818. The lowest BCUT2D eigenvalue weighted by atomic mass is 10.1. The Balaban J connectivity index is 1.32. The van der Waals surface area contributed by atoms with Gasteiger partial charge in [-0.15, -0.1) is 0 Å². The smallest absolute Gasteiger partial charge is 0.0148 e. The highest BCUT2D eigenvalue weighted by molar-refractivity contribution is 5.33. The van der Waals surface area contributed by atoms with Crippen LogP contribution in [0.4, 0.5) is 0 Å². The monoisotopic (exact) mass is 273 g/mol. The van der Waals surface area contributed by atoms with Crippen LogP contribution in [-0.4, -0.2) is 62.2 Å². The second kappa shape index (κ2) is 6.70. The maximum absolute atomic E-state index is 3.74. The van der Waals surface area contributed by atoms with Gasteiger partial charge in [-0.05, 0) is 50.5 Å². The first-order valence-corrected chi connectivity index (χ1v) is 8.02. The zero-order chi connectivity index (χ0) is 13.8. The highest BCUT2D eigenvalue weighted by Crippen LogP contribution is 2.21. The number of hydrogen-bond acceptors (Lipinski definition) is 3. The molecular weight excluding hydrogens is 246 g/mol.